The highest BCUT2D eigenvalue weighted by Gasteiger charge is 2.09. The Morgan fingerprint density at radius 1 is 1.53 bits per heavy atom. The highest BCUT2D eigenvalue weighted by atomic mass is 32.1. The number of rotatable bonds is 2. The number of hydrogen-bond donors (Lipinski definition) is 2. The number of anilines is 1. The topological polar surface area (TPSA) is 80.9 Å². The molecule has 0 bridgehead atoms. The zero-order valence-corrected chi connectivity index (χ0v) is 11.1. The van der Waals surface area contributed by atoms with Crippen molar-refractivity contribution in [2.24, 2.45) is 5.73 Å². The Morgan fingerprint density at radius 2 is 2.37 bits per heavy atom. The van der Waals surface area contributed by atoms with Crippen LogP contribution in [-0.4, -0.2) is 22.0 Å². The van der Waals surface area contributed by atoms with Crippen LogP contribution in [-0.2, 0) is 0 Å². The summed E-state index contributed by atoms with van der Waals surface area (Å²) in [7, 11) is 0. The predicted molar refractivity (Wildman–Crippen MR) is 75.0 cm³/mol. The number of carbonyl (C=O) groups is 1. The lowest BCUT2D eigenvalue weighted by molar-refractivity contribution is 0.103. The van der Waals surface area contributed by atoms with Crippen molar-refractivity contribution in [2.75, 3.05) is 11.9 Å². The number of hydrogen-bond acceptors (Lipinski definition) is 5. The first-order chi connectivity index (χ1) is 9.20. The smallest absolute Gasteiger partial charge is 0.269 e. The fraction of sp³-hybridized carbons (Fsp3) is 0.154. The molecule has 0 aliphatic carbocycles. The van der Waals surface area contributed by atoms with Crippen LogP contribution in [0.4, 0.5) is 5.69 Å². The van der Waals surface area contributed by atoms with Crippen molar-refractivity contribution in [3.05, 3.63) is 40.4 Å². The van der Waals surface area contributed by atoms with Gasteiger partial charge in [-0.2, -0.15) is 0 Å². The average molecular weight is 272 g/mol. The van der Waals surface area contributed by atoms with E-state index in [1.807, 2.05) is 25.1 Å². The molecule has 2 rings (SSSR count). The van der Waals surface area contributed by atoms with Crippen molar-refractivity contribution in [1.82, 2.24) is 9.59 Å². The molecular weight excluding hydrogens is 260 g/mol. The molecule has 1 heterocycles. The van der Waals surface area contributed by atoms with Crippen LogP contribution in [0.3, 0.4) is 0 Å². The molecular formula is C13H12N4OS. The zero-order chi connectivity index (χ0) is 13.7. The summed E-state index contributed by atoms with van der Waals surface area (Å²) in [6.07, 6.45) is 1.44. The lowest BCUT2D eigenvalue weighted by atomic mass is 10.1. The van der Waals surface area contributed by atoms with E-state index in [1.54, 1.807) is 0 Å². The van der Waals surface area contributed by atoms with E-state index >= 15 is 0 Å². The van der Waals surface area contributed by atoms with E-state index in [4.69, 9.17) is 5.73 Å². The second kappa shape index (κ2) is 6.09. The van der Waals surface area contributed by atoms with Gasteiger partial charge in [-0.05, 0) is 42.2 Å². The van der Waals surface area contributed by atoms with Gasteiger partial charge in [0.05, 0.1) is 12.7 Å². The number of nitrogens with two attached hydrogens (primary N) is 1. The van der Waals surface area contributed by atoms with Gasteiger partial charge in [-0.25, -0.2) is 0 Å². The first kappa shape index (κ1) is 13.2. The van der Waals surface area contributed by atoms with Gasteiger partial charge < -0.3 is 11.1 Å². The van der Waals surface area contributed by atoms with Crippen LogP contribution in [0.2, 0.25) is 0 Å². The summed E-state index contributed by atoms with van der Waals surface area (Å²) in [5.41, 5.74) is 7.88. The molecule has 2 aromatic rings. The second-order valence-corrected chi connectivity index (χ2v) is 4.56. The van der Waals surface area contributed by atoms with Crippen LogP contribution in [0, 0.1) is 18.8 Å². The van der Waals surface area contributed by atoms with Crippen LogP contribution in [0.15, 0.2) is 24.4 Å². The molecule has 0 unspecified atom stereocenters. The lowest BCUT2D eigenvalue weighted by Crippen LogP contribution is -2.11. The molecule has 96 valence electrons. The number of aromatic nitrogens is 2. The number of nitrogens with zero attached hydrogens (tertiary/aromatic N) is 2. The third-order valence-corrected chi connectivity index (χ3v) is 3.06. The van der Waals surface area contributed by atoms with Crippen LogP contribution in [0.1, 0.15) is 20.8 Å². The van der Waals surface area contributed by atoms with E-state index < -0.39 is 0 Å². The Labute approximate surface area is 115 Å². The van der Waals surface area contributed by atoms with E-state index in [2.05, 4.69) is 26.7 Å². The highest BCUT2D eigenvalue weighted by molar-refractivity contribution is 7.07. The molecule has 0 aliphatic rings. The summed E-state index contributed by atoms with van der Waals surface area (Å²) in [6.45, 7) is 2.24. The Morgan fingerprint density at radius 3 is 3.00 bits per heavy atom. The molecule has 0 radical (unpaired) electrons. The van der Waals surface area contributed by atoms with E-state index in [1.165, 1.54) is 6.20 Å². The quantitative estimate of drug-likeness (QED) is 0.810. The minimum absolute atomic E-state index is 0.209. The fourth-order valence-electron chi connectivity index (χ4n) is 1.49. The van der Waals surface area contributed by atoms with Gasteiger partial charge in [-0.1, -0.05) is 16.3 Å². The summed E-state index contributed by atoms with van der Waals surface area (Å²) in [4.78, 5) is 12.3. The number of benzene rings is 1. The number of nitrogens with one attached hydrogen (secondary N) is 1. The van der Waals surface area contributed by atoms with Gasteiger partial charge in [0, 0.05) is 11.3 Å². The van der Waals surface area contributed by atoms with Gasteiger partial charge in [0.25, 0.3) is 5.91 Å². The molecule has 0 atom stereocenters. The van der Waals surface area contributed by atoms with Crippen LogP contribution in [0.25, 0.3) is 0 Å². The maximum atomic E-state index is 11.9. The van der Waals surface area contributed by atoms with Crippen molar-refractivity contribution in [3.8, 4) is 11.8 Å². The van der Waals surface area contributed by atoms with Crippen molar-refractivity contribution in [1.29, 1.82) is 0 Å². The number of amides is 1. The summed E-state index contributed by atoms with van der Waals surface area (Å²) in [5.74, 6) is 5.53. The monoisotopic (exact) mass is 272 g/mol. The zero-order valence-electron chi connectivity index (χ0n) is 10.3. The molecule has 3 N–H and O–H groups in total. The van der Waals surface area contributed by atoms with Gasteiger partial charge >= 0.3 is 0 Å². The maximum Gasteiger partial charge on any atom is 0.269 e. The molecule has 19 heavy (non-hydrogen) atoms. The lowest BCUT2D eigenvalue weighted by Gasteiger charge is -2.07. The average Bonchev–Trinajstić information content (AvgIpc) is 2.93. The third-order valence-electron chi connectivity index (χ3n) is 2.39. The summed E-state index contributed by atoms with van der Waals surface area (Å²) >= 11 is 1.06. The van der Waals surface area contributed by atoms with Crippen molar-refractivity contribution in [2.45, 2.75) is 6.92 Å². The van der Waals surface area contributed by atoms with Gasteiger partial charge in [0.1, 0.15) is 4.88 Å². The van der Waals surface area contributed by atoms with E-state index in [0.717, 1.165) is 28.3 Å². The molecule has 0 saturated heterocycles. The molecule has 1 aromatic heterocycles. The predicted octanol–water partition coefficient (Wildman–Crippen LogP) is 1.41. The minimum Gasteiger partial charge on any atom is -0.321 e. The Hall–Kier alpha value is -2.23. The SMILES string of the molecule is Cc1cc(C#CCN)ccc1NC(=O)c1cnns1. The second-order valence-electron chi connectivity index (χ2n) is 3.77. The van der Waals surface area contributed by atoms with Gasteiger partial charge in [0.15, 0.2) is 0 Å². The van der Waals surface area contributed by atoms with E-state index in [0.29, 0.717) is 11.4 Å². The van der Waals surface area contributed by atoms with Gasteiger partial charge in [-0.3, -0.25) is 4.79 Å². The van der Waals surface area contributed by atoms with Crippen LogP contribution >= 0.6 is 11.5 Å². The Balaban J connectivity index is 2.15. The molecule has 0 fully saturated rings. The summed E-state index contributed by atoms with van der Waals surface area (Å²) < 4.78 is 3.66. The first-order valence-corrected chi connectivity index (χ1v) is 6.36. The van der Waals surface area contributed by atoms with E-state index in [-0.39, 0.29) is 5.91 Å². The largest absolute Gasteiger partial charge is 0.321 e. The third kappa shape index (κ3) is 3.37. The molecule has 6 heteroatoms. The molecule has 0 spiro atoms. The van der Waals surface area contributed by atoms with Gasteiger partial charge in [-0.15, -0.1) is 5.10 Å². The highest BCUT2D eigenvalue weighted by Crippen LogP contribution is 2.17. The normalized spacial score (nSPS) is 9.58. The molecule has 1 amide bonds. The Kier molecular flexibility index (Phi) is 4.23. The first-order valence-electron chi connectivity index (χ1n) is 5.59. The van der Waals surface area contributed by atoms with Crippen LogP contribution in [0.5, 0.6) is 0 Å². The van der Waals surface area contributed by atoms with Gasteiger partial charge in [0.2, 0.25) is 0 Å². The van der Waals surface area contributed by atoms with Crippen molar-refractivity contribution >= 4 is 23.1 Å². The number of carbonyl (C=O) groups excluding carboxylic acids is 1. The minimum atomic E-state index is -0.209. The summed E-state index contributed by atoms with van der Waals surface area (Å²) in [6, 6.07) is 5.57. The number of aryl methyl sites for hydroxylation is 1. The Bertz CT molecular complexity index is 640. The molecule has 1 aromatic carbocycles. The van der Waals surface area contributed by atoms with Crippen molar-refractivity contribution in [3.63, 3.8) is 0 Å². The van der Waals surface area contributed by atoms with Crippen LogP contribution < -0.4 is 11.1 Å². The van der Waals surface area contributed by atoms with E-state index in [9.17, 15) is 4.79 Å². The standard InChI is InChI=1S/C13H12N4OS/c1-9-7-10(3-2-6-14)4-5-11(9)16-13(18)12-8-15-17-19-12/h4-5,7-8H,6,14H2,1H3,(H,16,18). The van der Waals surface area contributed by atoms with Crippen molar-refractivity contribution < 1.29 is 4.79 Å². The molecule has 0 saturated carbocycles. The molecule has 5 nitrogen and oxygen atoms in total. The summed E-state index contributed by atoms with van der Waals surface area (Å²) in [5, 5.41) is 6.45. The maximum absolute atomic E-state index is 11.9. The molecule has 0 aliphatic heterocycles. The fourth-order valence-corrected chi connectivity index (χ4v) is 1.90.